The fraction of sp³-hybridized carbons (Fsp3) is 0.574. The van der Waals surface area contributed by atoms with Gasteiger partial charge in [0.1, 0.15) is 11.9 Å². The van der Waals surface area contributed by atoms with Gasteiger partial charge in [0.2, 0.25) is 0 Å². The highest BCUT2D eigenvalue weighted by Gasteiger charge is 2.78. The summed E-state index contributed by atoms with van der Waals surface area (Å²) in [5.74, 6) is 1.33. The lowest BCUT2D eigenvalue weighted by molar-refractivity contribution is -0.203. The molecule has 1 unspecified atom stereocenters. The normalized spacial score (nSPS) is 32.7. The Morgan fingerprint density at radius 2 is 1.83 bits per heavy atom. The highest BCUT2D eigenvalue weighted by atomic mass is 32.3. The number of aliphatic hydroxyl groups excluding tert-OH is 1. The number of aliphatic hydroxyl groups is 2. The Labute approximate surface area is 380 Å². The second-order valence-corrected chi connectivity index (χ2v) is 20.6. The molecular formula is C47H63N5O10S2. The molecule has 1 saturated heterocycles. The number of ether oxygens (including phenoxy) is 2. The fourth-order valence-electron chi connectivity index (χ4n) is 12.9. The molecule has 64 heavy (non-hydrogen) atoms. The van der Waals surface area contributed by atoms with Crippen molar-refractivity contribution in [3.63, 3.8) is 0 Å². The van der Waals surface area contributed by atoms with Gasteiger partial charge >= 0.3 is 16.4 Å². The maximum atomic E-state index is 14.7. The molecule has 1 saturated carbocycles. The van der Waals surface area contributed by atoms with Gasteiger partial charge in [0.15, 0.2) is 11.2 Å². The van der Waals surface area contributed by atoms with Gasteiger partial charge < -0.3 is 34.9 Å². The third-order valence-electron chi connectivity index (χ3n) is 15.1. The number of fused-ring (bicyclic) bond motifs is 6. The monoisotopic (exact) mass is 921 g/mol. The number of amides is 1. The number of rotatable bonds is 10. The van der Waals surface area contributed by atoms with Gasteiger partial charge in [-0.3, -0.25) is 28.5 Å². The predicted molar refractivity (Wildman–Crippen MR) is 247 cm³/mol. The lowest BCUT2D eigenvalue weighted by atomic mass is 9.47. The molecule has 0 radical (unpaired) electrons. The quantitative estimate of drug-likeness (QED) is 0.0712. The molecule has 348 valence electrons. The van der Waals surface area contributed by atoms with Gasteiger partial charge in [-0.1, -0.05) is 62.8 Å². The summed E-state index contributed by atoms with van der Waals surface area (Å²) in [5.41, 5.74) is 1.80. The first kappa shape index (κ1) is 46.6. The van der Waals surface area contributed by atoms with Gasteiger partial charge in [0.05, 0.1) is 18.8 Å². The molecule has 2 bridgehead atoms. The lowest BCUT2D eigenvalue weighted by Gasteiger charge is -2.63. The summed E-state index contributed by atoms with van der Waals surface area (Å²) < 4.78 is 44.9. The van der Waals surface area contributed by atoms with E-state index < -0.39 is 50.5 Å². The highest BCUT2D eigenvalue weighted by Crippen LogP contribution is 2.67. The van der Waals surface area contributed by atoms with Gasteiger partial charge in [0, 0.05) is 104 Å². The Morgan fingerprint density at radius 1 is 1.08 bits per heavy atom. The van der Waals surface area contributed by atoms with E-state index in [9.17, 15) is 19.8 Å². The van der Waals surface area contributed by atoms with Gasteiger partial charge in [-0.25, -0.2) is 0 Å². The van der Waals surface area contributed by atoms with Crippen molar-refractivity contribution in [3.8, 4) is 5.75 Å². The van der Waals surface area contributed by atoms with Crippen LogP contribution in [0.2, 0.25) is 0 Å². The Kier molecular flexibility index (Phi) is 12.6. The van der Waals surface area contributed by atoms with Crippen LogP contribution in [-0.2, 0) is 42.2 Å². The topological polar surface area (TPSA) is 205 Å². The number of carbonyl (C=O) groups excluding carboxylic acids is 2. The number of likely N-dealkylation sites (N-methyl/N-ethyl adjacent to an activating group) is 1. The van der Waals surface area contributed by atoms with E-state index in [1.807, 2.05) is 24.1 Å². The van der Waals surface area contributed by atoms with Crippen LogP contribution in [0.4, 0.5) is 5.69 Å². The van der Waals surface area contributed by atoms with Crippen LogP contribution in [-0.4, -0.2) is 143 Å². The number of methoxy groups -OCH3 is 1. The molecule has 1 amide bonds. The van der Waals surface area contributed by atoms with Crippen molar-refractivity contribution < 1.29 is 46.8 Å². The predicted octanol–water partition coefficient (Wildman–Crippen LogP) is 4.62. The summed E-state index contributed by atoms with van der Waals surface area (Å²) in [5, 5.41) is 30.2. The smallest absolute Gasteiger partial charge is 0.394 e. The van der Waals surface area contributed by atoms with Crippen LogP contribution in [0, 0.1) is 11.3 Å². The molecular weight excluding hydrogens is 859 g/mol. The van der Waals surface area contributed by atoms with Crippen LogP contribution < -0.4 is 15.0 Å². The third kappa shape index (κ3) is 7.38. The SMILES string of the molecule is CCSCCNC(=O)[C@@]1(O)[C@H](O)[C@]2(CC)C=CCN3CC[C@@]4(c5cc([C@@]6(OC(C)=O)C[C@H]7C=C(CC)CN(CCc8c6[nH]c6ccccc86)C7)c(OC)cc5N(C)[C@@H]14)[C@@H]32.O=S(=O)(O)O. The maximum absolute atomic E-state index is 14.7. The molecule has 6 heterocycles. The van der Waals surface area contributed by atoms with Gasteiger partial charge in [-0.05, 0) is 67.2 Å². The molecule has 5 aliphatic heterocycles. The summed E-state index contributed by atoms with van der Waals surface area (Å²) >= 11 is 1.72. The van der Waals surface area contributed by atoms with Crippen LogP contribution in [0.3, 0.4) is 0 Å². The molecule has 2 aromatic carbocycles. The van der Waals surface area contributed by atoms with Crippen molar-refractivity contribution in [2.45, 2.75) is 94.6 Å². The van der Waals surface area contributed by atoms with E-state index in [-0.39, 0.29) is 17.9 Å². The van der Waals surface area contributed by atoms with Crippen LogP contribution in [0.15, 0.2) is 60.2 Å². The second kappa shape index (κ2) is 17.4. The first-order chi connectivity index (χ1) is 30.4. The van der Waals surface area contributed by atoms with E-state index in [2.05, 4.69) is 83.4 Å². The number of esters is 1. The molecule has 1 spiro atoms. The van der Waals surface area contributed by atoms with E-state index in [1.165, 1.54) is 12.5 Å². The number of thioether (sulfide) groups is 1. The molecule has 2 fully saturated rings. The fourth-order valence-corrected chi connectivity index (χ4v) is 13.5. The number of carbonyl (C=O) groups is 2. The molecule has 9 rings (SSSR count). The van der Waals surface area contributed by atoms with Crippen LogP contribution in [0.25, 0.3) is 10.9 Å². The Balaban J connectivity index is 0.00000106. The van der Waals surface area contributed by atoms with Gasteiger partial charge in [-0.2, -0.15) is 20.2 Å². The van der Waals surface area contributed by atoms with Crippen molar-refractivity contribution in [2.24, 2.45) is 11.3 Å². The van der Waals surface area contributed by atoms with E-state index in [0.29, 0.717) is 43.9 Å². The Bertz CT molecular complexity index is 2470. The zero-order valence-corrected chi connectivity index (χ0v) is 39.2. The van der Waals surface area contributed by atoms with E-state index in [1.54, 1.807) is 18.9 Å². The number of anilines is 1. The Hall–Kier alpha value is -3.94. The summed E-state index contributed by atoms with van der Waals surface area (Å²) in [7, 11) is -1.06. The number of nitrogens with one attached hydrogen (secondary N) is 2. The molecule has 9 atom stereocenters. The number of hydrogen-bond donors (Lipinski definition) is 6. The number of nitrogens with zero attached hydrogens (tertiary/aromatic N) is 3. The van der Waals surface area contributed by atoms with E-state index in [4.69, 9.17) is 27.0 Å². The van der Waals surface area contributed by atoms with Gasteiger partial charge in [-0.15, -0.1) is 0 Å². The number of para-hydroxylation sites is 1. The zero-order chi connectivity index (χ0) is 46.0. The van der Waals surface area contributed by atoms with Crippen molar-refractivity contribution in [1.29, 1.82) is 0 Å². The van der Waals surface area contributed by atoms with Crippen molar-refractivity contribution in [2.75, 3.05) is 69.8 Å². The highest BCUT2D eigenvalue weighted by molar-refractivity contribution is 7.99. The minimum Gasteiger partial charge on any atom is -0.496 e. The summed E-state index contributed by atoms with van der Waals surface area (Å²) in [6.45, 7) is 12.3. The summed E-state index contributed by atoms with van der Waals surface area (Å²) in [6.07, 6.45) is 8.65. The molecule has 1 aliphatic carbocycles. The summed E-state index contributed by atoms with van der Waals surface area (Å²) in [6, 6.07) is 11.6. The first-order valence-electron chi connectivity index (χ1n) is 22.5. The largest absolute Gasteiger partial charge is 0.496 e. The van der Waals surface area contributed by atoms with Crippen molar-refractivity contribution in [1.82, 2.24) is 20.1 Å². The molecule has 6 N–H and O–H groups in total. The average Bonchev–Trinajstić information content (AvgIpc) is 3.92. The third-order valence-corrected chi connectivity index (χ3v) is 16.0. The van der Waals surface area contributed by atoms with Gasteiger partial charge in [0.25, 0.3) is 5.91 Å². The molecule has 3 aromatic rings. The minimum atomic E-state index is -4.67. The number of H-pyrrole nitrogens is 1. The van der Waals surface area contributed by atoms with Crippen LogP contribution in [0.1, 0.15) is 75.8 Å². The molecule has 1 aromatic heterocycles. The lowest BCUT2D eigenvalue weighted by Crippen LogP contribution is -2.81. The van der Waals surface area contributed by atoms with Crippen molar-refractivity contribution in [3.05, 3.63) is 82.6 Å². The van der Waals surface area contributed by atoms with Crippen molar-refractivity contribution >= 4 is 50.6 Å². The van der Waals surface area contributed by atoms with Crippen LogP contribution in [0.5, 0.6) is 5.75 Å². The number of aromatic amines is 1. The van der Waals surface area contributed by atoms with E-state index in [0.717, 1.165) is 83.7 Å². The summed E-state index contributed by atoms with van der Waals surface area (Å²) in [4.78, 5) is 39.4. The second-order valence-electron chi connectivity index (χ2n) is 18.3. The Morgan fingerprint density at radius 3 is 2.52 bits per heavy atom. The molecule has 15 nitrogen and oxygen atoms in total. The van der Waals surface area contributed by atoms with Crippen LogP contribution >= 0.6 is 11.8 Å². The zero-order valence-electron chi connectivity index (χ0n) is 37.6. The maximum Gasteiger partial charge on any atom is 0.394 e. The minimum absolute atomic E-state index is 0.0737. The first-order valence-corrected chi connectivity index (χ1v) is 25.0. The molecule has 6 aliphatic rings. The number of aromatic nitrogens is 1. The number of hydrogen-bond acceptors (Lipinski definition) is 12. The number of benzene rings is 2. The van der Waals surface area contributed by atoms with E-state index >= 15 is 0 Å². The average molecular weight is 922 g/mol. The molecule has 17 heteroatoms. The standard InChI is InChI=1S/C47H61N5O6S.H2O4S/c1-7-30-23-31-26-46(58-29(4)53,39-33(15-20-51(27-30)28-31)32-13-10-11-14-36(32)49-39)35-24-34-37(25-38(35)57-6)50(5)41-45(34)17-21-52-19-12-16-44(8-2,40(45)52)42(54)47(41,56)43(55)48-18-22-59-9-3;1-5(2,3)4/h10-14,16,23-25,31,40-42,49,54,56H,7-9,15,17-22,26-28H2,1-6H3,(H,48,55);(H2,1,2,3,4)/t31-,40+,41-,42-,44-,45-,46+,47+;/m1./s1.